The highest BCUT2D eigenvalue weighted by Crippen LogP contribution is 2.23. The molecular weight excluding hydrogens is 278 g/mol. The second kappa shape index (κ2) is 6.64. The molecule has 0 aliphatic carbocycles. The Morgan fingerprint density at radius 3 is 2.63 bits per heavy atom. The van der Waals surface area contributed by atoms with Crippen LogP contribution in [-0.4, -0.2) is 5.24 Å². The van der Waals surface area contributed by atoms with Gasteiger partial charge in [0.2, 0.25) is 0 Å². The number of halogens is 1. The van der Waals surface area contributed by atoms with Crippen LogP contribution < -0.4 is 5.32 Å². The van der Waals surface area contributed by atoms with Crippen molar-refractivity contribution in [3.8, 4) is 0 Å². The summed E-state index contributed by atoms with van der Waals surface area (Å²) in [6.07, 6.45) is 0.952. The number of thioether (sulfide) groups is 1. The molecule has 0 fully saturated rings. The van der Waals surface area contributed by atoms with Crippen LogP contribution in [0.2, 0.25) is 5.02 Å². The van der Waals surface area contributed by atoms with E-state index in [0.29, 0.717) is 5.02 Å². The standard InChI is InChI=1S/C15H14ClNOS/c1-2-11-4-3-5-13(10-11)17-15(18)19-14-8-6-12(16)7-9-14/h3-10H,2H2,1H3,(H,17,18). The number of amides is 1. The van der Waals surface area contributed by atoms with Gasteiger partial charge >= 0.3 is 0 Å². The van der Waals surface area contributed by atoms with Gasteiger partial charge in [-0.25, -0.2) is 0 Å². The van der Waals surface area contributed by atoms with Gasteiger partial charge in [0.25, 0.3) is 5.24 Å². The highest BCUT2D eigenvalue weighted by Gasteiger charge is 2.05. The number of hydrogen-bond donors (Lipinski definition) is 1. The second-order valence-electron chi connectivity index (χ2n) is 4.02. The first-order valence-corrected chi connectivity index (χ1v) is 7.20. The summed E-state index contributed by atoms with van der Waals surface area (Å²) in [7, 11) is 0. The smallest absolute Gasteiger partial charge is 0.288 e. The zero-order valence-electron chi connectivity index (χ0n) is 10.5. The minimum absolute atomic E-state index is 0.101. The summed E-state index contributed by atoms with van der Waals surface area (Å²) < 4.78 is 0. The minimum atomic E-state index is -0.101. The summed E-state index contributed by atoms with van der Waals surface area (Å²) in [4.78, 5) is 12.8. The third kappa shape index (κ3) is 4.30. The van der Waals surface area contributed by atoms with Crippen molar-refractivity contribution in [1.82, 2.24) is 0 Å². The van der Waals surface area contributed by atoms with Crippen LogP contribution in [0.15, 0.2) is 53.4 Å². The monoisotopic (exact) mass is 291 g/mol. The third-order valence-electron chi connectivity index (χ3n) is 2.61. The number of anilines is 1. The van der Waals surface area contributed by atoms with E-state index in [1.807, 2.05) is 36.4 Å². The van der Waals surface area contributed by atoms with Gasteiger partial charge in [-0.2, -0.15) is 0 Å². The first-order chi connectivity index (χ1) is 9.17. The Morgan fingerprint density at radius 2 is 1.95 bits per heavy atom. The van der Waals surface area contributed by atoms with Crippen molar-refractivity contribution in [3.05, 3.63) is 59.1 Å². The predicted octanol–water partition coefficient (Wildman–Crippen LogP) is 5.23. The fourth-order valence-electron chi connectivity index (χ4n) is 1.62. The number of carbonyl (C=O) groups excluding carboxylic acids is 1. The second-order valence-corrected chi connectivity index (χ2v) is 5.51. The maximum absolute atomic E-state index is 11.9. The highest BCUT2D eigenvalue weighted by atomic mass is 35.5. The lowest BCUT2D eigenvalue weighted by molar-refractivity contribution is 0.270. The molecule has 2 nitrogen and oxygen atoms in total. The van der Waals surface area contributed by atoms with E-state index in [1.165, 1.54) is 5.56 Å². The first-order valence-electron chi connectivity index (χ1n) is 6.00. The molecule has 0 aliphatic rings. The molecule has 0 bridgehead atoms. The van der Waals surface area contributed by atoms with E-state index >= 15 is 0 Å². The van der Waals surface area contributed by atoms with Crippen molar-refractivity contribution in [2.24, 2.45) is 0 Å². The topological polar surface area (TPSA) is 29.1 Å². The number of aryl methyl sites for hydroxylation is 1. The Balaban J connectivity index is 1.99. The summed E-state index contributed by atoms with van der Waals surface area (Å²) in [5.41, 5.74) is 2.03. The molecule has 2 aromatic rings. The van der Waals surface area contributed by atoms with Crippen molar-refractivity contribution in [3.63, 3.8) is 0 Å². The first kappa shape index (κ1) is 14.0. The van der Waals surface area contributed by atoms with Crippen LogP contribution in [0.3, 0.4) is 0 Å². The molecule has 0 aliphatic heterocycles. The minimum Gasteiger partial charge on any atom is -0.317 e. The SMILES string of the molecule is CCc1cccc(NC(=O)Sc2ccc(Cl)cc2)c1. The van der Waals surface area contributed by atoms with Gasteiger partial charge in [-0.1, -0.05) is 30.7 Å². The molecule has 1 amide bonds. The van der Waals surface area contributed by atoms with Crippen molar-refractivity contribution in [1.29, 1.82) is 0 Å². The van der Waals surface area contributed by atoms with E-state index in [1.54, 1.807) is 12.1 Å². The number of rotatable bonds is 3. The Kier molecular flexibility index (Phi) is 4.88. The summed E-state index contributed by atoms with van der Waals surface area (Å²) >= 11 is 6.95. The van der Waals surface area contributed by atoms with Gasteiger partial charge in [0.1, 0.15) is 0 Å². The molecular formula is C15H14ClNOS. The Morgan fingerprint density at radius 1 is 1.21 bits per heavy atom. The maximum Gasteiger partial charge on any atom is 0.288 e. The quantitative estimate of drug-likeness (QED) is 0.785. The van der Waals surface area contributed by atoms with E-state index in [4.69, 9.17) is 11.6 Å². The fraction of sp³-hybridized carbons (Fsp3) is 0.133. The average Bonchev–Trinajstić information content (AvgIpc) is 2.41. The van der Waals surface area contributed by atoms with E-state index in [2.05, 4.69) is 12.2 Å². The van der Waals surface area contributed by atoms with Crippen LogP contribution in [0, 0.1) is 0 Å². The van der Waals surface area contributed by atoms with Crippen LogP contribution in [-0.2, 0) is 6.42 Å². The van der Waals surface area contributed by atoms with E-state index in [0.717, 1.165) is 28.8 Å². The molecule has 0 unspecified atom stereocenters. The zero-order chi connectivity index (χ0) is 13.7. The average molecular weight is 292 g/mol. The van der Waals surface area contributed by atoms with E-state index in [9.17, 15) is 4.79 Å². The molecule has 98 valence electrons. The number of hydrogen-bond acceptors (Lipinski definition) is 2. The Bertz CT molecular complexity index is 569. The molecule has 0 heterocycles. The number of benzene rings is 2. The summed E-state index contributed by atoms with van der Waals surface area (Å²) in [5.74, 6) is 0. The van der Waals surface area contributed by atoms with Crippen LogP contribution in [0.1, 0.15) is 12.5 Å². The molecule has 2 aromatic carbocycles. The highest BCUT2D eigenvalue weighted by molar-refractivity contribution is 8.13. The number of carbonyl (C=O) groups is 1. The molecule has 19 heavy (non-hydrogen) atoms. The molecule has 1 N–H and O–H groups in total. The predicted molar refractivity (Wildman–Crippen MR) is 82.1 cm³/mol. The van der Waals surface area contributed by atoms with Crippen molar-refractivity contribution < 1.29 is 4.79 Å². The van der Waals surface area contributed by atoms with Gasteiger partial charge in [0, 0.05) is 15.6 Å². The summed E-state index contributed by atoms with van der Waals surface area (Å²) in [6, 6.07) is 15.1. The van der Waals surface area contributed by atoms with Gasteiger partial charge in [-0.05, 0) is 60.1 Å². The molecule has 0 aromatic heterocycles. The largest absolute Gasteiger partial charge is 0.317 e. The molecule has 4 heteroatoms. The van der Waals surface area contributed by atoms with Crippen LogP contribution in [0.4, 0.5) is 10.5 Å². The van der Waals surface area contributed by atoms with Crippen LogP contribution in [0.5, 0.6) is 0 Å². The molecule has 0 radical (unpaired) electrons. The maximum atomic E-state index is 11.9. The fourth-order valence-corrected chi connectivity index (χ4v) is 2.40. The molecule has 0 atom stereocenters. The summed E-state index contributed by atoms with van der Waals surface area (Å²) in [6.45, 7) is 2.09. The van der Waals surface area contributed by atoms with Gasteiger partial charge in [-0.3, -0.25) is 4.79 Å². The lowest BCUT2D eigenvalue weighted by Crippen LogP contribution is -2.04. The molecule has 0 saturated carbocycles. The van der Waals surface area contributed by atoms with Crippen LogP contribution in [0.25, 0.3) is 0 Å². The lowest BCUT2D eigenvalue weighted by atomic mass is 10.1. The van der Waals surface area contributed by atoms with Crippen molar-refractivity contribution in [2.45, 2.75) is 18.2 Å². The van der Waals surface area contributed by atoms with Crippen molar-refractivity contribution >= 4 is 34.3 Å². The van der Waals surface area contributed by atoms with Gasteiger partial charge < -0.3 is 5.32 Å². The summed E-state index contributed by atoms with van der Waals surface area (Å²) in [5, 5.41) is 3.44. The lowest BCUT2D eigenvalue weighted by Gasteiger charge is -2.06. The molecule has 2 rings (SSSR count). The van der Waals surface area contributed by atoms with Gasteiger partial charge in [0.15, 0.2) is 0 Å². The normalized spacial score (nSPS) is 10.2. The Labute approximate surface area is 122 Å². The Hall–Kier alpha value is -1.45. The molecule has 0 saturated heterocycles. The third-order valence-corrected chi connectivity index (χ3v) is 3.65. The molecule has 0 spiro atoms. The van der Waals surface area contributed by atoms with Gasteiger partial charge in [-0.15, -0.1) is 0 Å². The van der Waals surface area contributed by atoms with Crippen LogP contribution >= 0.6 is 23.4 Å². The number of nitrogens with one attached hydrogen (secondary N) is 1. The van der Waals surface area contributed by atoms with Crippen molar-refractivity contribution in [2.75, 3.05) is 5.32 Å². The zero-order valence-corrected chi connectivity index (χ0v) is 12.1. The van der Waals surface area contributed by atoms with E-state index < -0.39 is 0 Å². The van der Waals surface area contributed by atoms with Gasteiger partial charge in [0.05, 0.1) is 0 Å². The van der Waals surface area contributed by atoms with E-state index in [-0.39, 0.29) is 5.24 Å².